The van der Waals surface area contributed by atoms with Gasteiger partial charge in [-0.15, -0.1) is 0 Å². The number of rotatable bonds is 3. The lowest BCUT2D eigenvalue weighted by atomic mass is 9.73. The maximum atomic E-state index is 5.88. The van der Waals surface area contributed by atoms with Crippen molar-refractivity contribution in [3.8, 4) is 0 Å². The minimum absolute atomic E-state index is 0.593. The van der Waals surface area contributed by atoms with Gasteiger partial charge < -0.3 is 0 Å². The molecule has 0 bridgehead atoms. The van der Waals surface area contributed by atoms with Crippen LogP contribution >= 0.6 is 0 Å². The van der Waals surface area contributed by atoms with Crippen LogP contribution in [0.5, 0.6) is 0 Å². The Kier molecular flexibility index (Phi) is 5.30. The fraction of sp³-hybridized carbons (Fsp3) is 1.00. The van der Waals surface area contributed by atoms with E-state index in [1.165, 1.54) is 64.2 Å². The molecule has 0 heterocycles. The Hall–Kier alpha value is -0.0800. The molecular formula is C15H30N2. The molecule has 2 rings (SSSR count). The van der Waals surface area contributed by atoms with Crippen LogP contribution in [-0.4, -0.2) is 6.04 Å². The molecule has 100 valence electrons. The normalized spacial score (nSPS) is 34.2. The van der Waals surface area contributed by atoms with Crippen molar-refractivity contribution in [3.63, 3.8) is 0 Å². The van der Waals surface area contributed by atoms with Gasteiger partial charge in [-0.25, -0.2) is 0 Å². The number of hydrogen-bond acceptors (Lipinski definition) is 2. The molecule has 2 heteroatoms. The Balaban J connectivity index is 1.93. The summed E-state index contributed by atoms with van der Waals surface area (Å²) in [6, 6.07) is 0.593. The molecule has 0 aliphatic heterocycles. The van der Waals surface area contributed by atoms with Gasteiger partial charge in [-0.2, -0.15) is 0 Å². The molecule has 17 heavy (non-hydrogen) atoms. The molecular weight excluding hydrogens is 208 g/mol. The van der Waals surface area contributed by atoms with Crippen molar-refractivity contribution < 1.29 is 0 Å². The maximum Gasteiger partial charge on any atom is 0.0267 e. The number of nitrogens with two attached hydrogens (primary N) is 1. The Bertz CT molecular complexity index is 207. The van der Waals surface area contributed by atoms with Crippen LogP contribution < -0.4 is 11.3 Å². The van der Waals surface area contributed by atoms with Gasteiger partial charge in [-0.3, -0.25) is 11.3 Å². The van der Waals surface area contributed by atoms with Gasteiger partial charge in [0.2, 0.25) is 0 Å². The van der Waals surface area contributed by atoms with Crippen molar-refractivity contribution >= 4 is 0 Å². The summed E-state index contributed by atoms with van der Waals surface area (Å²) < 4.78 is 0. The molecule has 2 aliphatic rings. The smallest absolute Gasteiger partial charge is 0.0267 e. The molecule has 2 nitrogen and oxygen atoms in total. The van der Waals surface area contributed by atoms with E-state index in [4.69, 9.17) is 5.84 Å². The molecule has 0 radical (unpaired) electrons. The van der Waals surface area contributed by atoms with E-state index in [-0.39, 0.29) is 0 Å². The summed E-state index contributed by atoms with van der Waals surface area (Å²) in [5.74, 6) is 8.48. The molecule has 0 spiro atoms. The monoisotopic (exact) mass is 238 g/mol. The average molecular weight is 238 g/mol. The summed E-state index contributed by atoms with van der Waals surface area (Å²) in [4.78, 5) is 0. The van der Waals surface area contributed by atoms with E-state index in [0.29, 0.717) is 6.04 Å². The summed E-state index contributed by atoms with van der Waals surface area (Å²) in [7, 11) is 0. The summed E-state index contributed by atoms with van der Waals surface area (Å²) in [5, 5.41) is 0. The van der Waals surface area contributed by atoms with Gasteiger partial charge in [0, 0.05) is 6.04 Å². The second-order valence-corrected chi connectivity index (χ2v) is 6.48. The number of hydrogen-bond donors (Lipinski definition) is 2. The molecule has 2 fully saturated rings. The zero-order valence-corrected chi connectivity index (χ0v) is 11.5. The van der Waals surface area contributed by atoms with Crippen LogP contribution in [0, 0.1) is 17.8 Å². The SMILES string of the molecule is CC1CCCC(C(NN)C2CCCCCC2)C1. The van der Waals surface area contributed by atoms with E-state index >= 15 is 0 Å². The topological polar surface area (TPSA) is 38.0 Å². The predicted octanol–water partition coefficient (Wildman–Crippen LogP) is 3.62. The average Bonchev–Trinajstić information content (AvgIpc) is 2.59. The lowest BCUT2D eigenvalue weighted by molar-refractivity contribution is 0.167. The van der Waals surface area contributed by atoms with Crippen LogP contribution in [0.15, 0.2) is 0 Å². The highest BCUT2D eigenvalue weighted by Gasteiger charge is 2.31. The van der Waals surface area contributed by atoms with Crippen molar-refractivity contribution in [3.05, 3.63) is 0 Å². The van der Waals surface area contributed by atoms with Crippen LogP contribution in [0.1, 0.15) is 71.1 Å². The molecule has 3 unspecified atom stereocenters. The molecule has 0 amide bonds. The van der Waals surface area contributed by atoms with Gasteiger partial charge in [-0.05, 0) is 43.4 Å². The Labute approximate surface area is 107 Å². The van der Waals surface area contributed by atoms with Crippen LogP contribution in [0.4, 0.5) is 0 Å². The van der Waals surface area contributed by atoms with E-state index in [2.05, 4.69) is 12.3 Å². The molecule has 3 atom stereocenters. The molecule has 0 aromatic heterocycles. The quantitative estimate of drug-likeness (QED) is 0.448. The molecule has 0 aromatic rings. The first kappa shape index (κ1) is 13.4. The van der Waals surface area contributed by atoms with Crippen molar-refractivity contribution in [2.45, 2.75) is 77.2 Å². The largest absolute Gasteiger partial charge is 0.271 e. The van der Waals surface area contributed by atoms with E-state index in [1.54, 1.807) is 0 Å². The van der Waals surface area contributed by atoms with Crippen molar-refractivity contribution in [2.75, 3.05) is 0 Å². The van der Waals surface area contributed by atoms with Crippen LogP contribution in [0.3, 0.4) is 0 Å². The third-order valence-corrected chi connectivity index (χ3v) is 5.08. The van der Waals surface area contributed by atoms with E-state index in [1.807, 2.05) is 0 Å². The van der Waals surface area contributed by atoms with Crippen molar-refractivity contribution in [1.82, 2.24) is 5.43 Å². The highest BCUT2D eigenvalue weighted by molar-refractivity contribution is 4.86. The second-order valence-electron chi connectivity index (χ2n) is 6.48. The van der Waals surface area contributed by atoms with Gasteiger partial charge in [0.05, 0.1) is 0 Å². The van der Waals surface area contributed by atoms with Gasteiger partial charge in [0.1, 0.15) is 0 Å². The summed E-state index contributed by atoms with van der Waals surface area (Å²) >= 11 is 0. The lowest BCUT2D eigenvalue weighted by Crippen LogP contribution is -2.47. The van der Waals surface area contributed by atoms with Crippen molar-refractivity contribution in [2.24, 2.45) is 23.6 Å². The molecule has 0 saturated heterocycles. The fourth-order valence-corrected chi connectivity index (χ4v) is 4.13. The van der Waals surface area contributed by atoms with Crippen LogP contribution in [0.25, 0.3) is 0 Å². The third-order valence-electron chi connectivity index (χ3n) is 5.08. The van der Waals surface area contributed by atoms with Crippen LogP contribution in [-0.2, 0) is 0 Å². The van der Waals surface area contributed by atoms with E-state index < -0.39 is 0 Å². The van der Waals surface area contributed by atoms with E-state index in [9.17, 15) is 0 Å². The summed E-state index contributed by atoms with van der Waals surface area (Å²) in [6.07, 6.45) is 14.2. The molecule has 2 saturated carbocycles. The van der Waals surface area contributed by atoms with Gasteiger partial charge in [0.25, 0.3) is 0 Å². The highest BCUT2D eigenvalue weighted by atomic mass is 15.2. The van der Waals surface area contributed by atoms with E-state index in [0.717, 1.165) is 17.8 Å². The fourth-order valence-electron chi connectivity index (χ4n) is 4.13. The molecule has 0 aromatic carbocycles. The molecule has 3 N–H and O–H groups in total. The summed E-state index contributed by atoms with van der Waals surface area (Å²) in [5.41, 5.74) is 3.19. The minimum Gasteiger partial charge on any atom is -0.271 e. The Morgan fingerprint density at radius 3 is 2.12 bits per heavy atom. The zero-order valence-electron chi connectivity index (χ0n) is 11.5. The Morgan fingerprint density at radius 2 is 1.53 bits per heavy atom. The summed E-state index contributed by atoms with van der Waals surface area (Å²) in [6.45, 7) is 2.41. The highest BCUT2D eigenvalue weighted by Crippen LogP contribution is 2.36. The first-order chi connectivity index (χ1) is 8.31. The maximum absolute atomic E-state index is 5.88. The van der Waals surface area contributed by atoms with Crippen LogP contribution in [0.2, 0.25) is 0 Å². The van der Waals surface area contributed by atoms with Gasteiger partial charge >= 0.3 is 0 Å². The third kappa shape index (κ3) is 3.69. The minimum atomic E-state index is 0.593. The molecule has 2 aliphatic carbocycles. The van der Waals surface area contributed by atoms with Gasteiger partial charge in [0.15, 0.2) is 0 Å². The zero-order chi connectivity index (χ0) is 12.1. The Morgan fingerprint density at radius 1 is 0.882 bits per heavy atom. The van der Waals surface area contributed by atoms with Crippen molar-refractivity contribution in [1.29, 1.82) is 0 Å². The predicted molar refractivity (Wildman–Crippen MR) is 73.4 cm³/mol. The van der Waals surface area contributed by atoms with Gasteiger partial charge in [-0.1, -0.05) is 45.4 Å². The first-order valence-electron chi connectivity index (χ1n) is 7.77. The number of nitrogens with one attached hydrogen (secondary N) is 1. The number of hydrazine groups is 1. The standard InChI is InChI=1S/C15H30N2/c1-12-7-6-10-14(11-12)15(17-16)13-8-4-2-3-5-9-13/h12-15,17H,2-11,16H2,1H3. The first-order valence-corrected chi connectivity index (χ1v) is 7.77. The second kappa shape index (κ2) is 6.75. The lowest BCUT2D eigenvalue weighted by Gasteiger charge is -2.37.